The minimum Gasteiger partial charge on any atom is -0.195 e. The summed E-state index contributed by atoms with van der Waals surface area (Å²) >= 11 is 0. The first-order valence-corrected chi connectivity index (χ1v) is 2.14. The zero-order valence-corrected chi connectivity index (χ0v) is 4.37. The monoisotopic (exact) mass is 108 g/mol. The third-order valence-electron chi connectivity index (χ3n) is 0.840. The average molecular weight is 108 g/mol. The Labute approximate surface area is 46.5 Å². The Hall–Kier alpha value is -1.24. The molecule has 0 spiro atoms. The van der Waals surface area contributed by atoms with Crippen LogP contribution in [0.25, 0.3) is 0 Å². The fourth-order valence-electron chi connectivity index (χ4n) is 0.334. The Kier molecular flexibility index (Phi) is 0.841. The molecule has 4 heteroatoms. The van der Waals surface area contributed by atoms with E-state index in [4.69, 9.17) is 5.26 Å². The molecule has 4 nitrogen and oxygen atoms in total. The molecule has 0 aliphatic carbocycles. The standard InChI is InChI=1S/C4H4N4/c1-4(2-5)3-6-8-7-4/h3H,1H3. The van der Waals surface area contributed by atoms with E-state index in [1.54, 1.807) is 6.92 Å². The molecule has 1 aliphatic heterocycles. The molecule has 0 saturated heterocycles. The third kappa shape index (κ3) is 0.581. The second-order valence-electron chi connectivity index (χ2n) is 1.69. The van der Waals surface area contributed by atoms with Crippen molar-refractivity contribution in [1.29, 1.82) is 5.26 Å². The van der Waals surface area contributed by atoms with Crippen LogP contribution in [0, 0.1) is 11.3 Å². The van der Waals surface area contributed by atoms with Gasteiger partial charge in [-0.2, -0.15) is 5.26 Å². The lowest BCUT2D eigenvalue weighted by molar-refractivity contribution is 0.780. The number of rotatable bonds is 0. The number of nitrogens with zero attached hydrogens (tertiary/aromatic N) is 4. The van der Waals surface area contributed by atoms with E-state index < -0.39 is 5.54 Å². The Morgan fingerprint density at radius 3 is 2.75 bits per heavy atom. The fraction of sp³-hybridized carbons (Fsp3) is 0.500. The van der Waals surface area contributed by atoms with Crippen molar-refractivity contribution >= 4 is 6.21 Å². The maximum atomic E-state index is 8.33. The summed E-state index contributed by atoms with van der Waals surface area (Å²) in [7, 11) is 0. The first-order valence-electron chi connectivity index (χ1n) is 2.14. The maximum Gasteiger partial charge on any atom is 0.203 e. The molecule has 0 aromatic heterocycles. The Balaban J connectivity index is 2.89. The van der Waals surface area contributed by atoms with Crippen molar-refractivity contribution in [2.75, 3.05) is 0 Å². The van der Waals surface area contributed by atoms with Gasteiger partial charge in [0, 0.05) is 0 Å². The van der Waals surface area contributed by atoms with E-state index in [2.05, 4.69) is 15.4 Å². The average Bonchev–Trinajstić information content (AvgIpc) is 2.17. The lowest BCUT2D eigenvalue weighted by Crippen LogP contribution is -2.16. The highest BCUT2D eigenvalue weighted by Crippen LogP contribution is 2.10. The summed E-state index contributed by atoms with van der Waals surface area (Å²) in [5.74, 6) is 0. The zero-order chi connectivity index (χ0) is 6.04. The molecular weight excluding hydrogens is 104 g/mol. The molecule has 40 valence electrons. The summed E-state index contributed by atoms with van der Waals surface area (Å²) in [6, 6.07) is 1.93. The van der Waals surface area contributed by atoms with Crippen molar-refractivity contribution in [2.24, 2.45) is 15.4 Å². The summed E-state index contributed by atoms with van der Waals surface area (Å²) in [5, 5.41) is 18.6. The molecule has 1 heterocycles. The molecule has 0 aromatic rings. The first kappa shape index (κ1) is 4.91. The fourth-order valence-corrected chi connectivity index (χ4v) is 0.334. The summed E-state index contributed by atoms with van der Waals surface area (Å²) in [6.45, 7) is 1.65. The minimum atomic E-state index is -0.792. The van der Waals surface area contributed by atoms with Crippen LogP contribution < -0.4 is 0 Å². The Bertz CT molecular complexity index is 173. The highest BCUT2D eigenvalue weighted by atomic mass is 15.4. The molecule has 0 radical (unpaired) electrons. The van der Waals surface area contributed by atoms with Crippen molar-refractivity contribution in [3.63, 3.8) is 0 Å². The van der Waals surface area contributed by atoms with Crippen LogP contribution in [-0.2, 0) is 0 Å². The van der Waals surface area contributed by atoms with Gasteiger partial charge in [0.15, 0.2) is 0 Å². The van der Waals surface area contributed by atoms with Crippen molar-refractivity contribution in [2.45, 2.75) is 12.5 Å². The van der Waals surface area contributed by atoms with Gasteiger partial charge in [0.25, 0.3) is 0 Å². The molecule has 1 unspecified atom stereocenters. The zero-order valence-electron chi connectivity index (χ0n) is 4.37. The second-order valence-corrected chi connectivity index (χ2v) is 1.69. The van der Waals surface area contributed by atoms with Crippen LogP contribution >= 0.6 is 0 Å². The number of hydrogen-bond acceptors (Lipinski definition) is 4. The molecule has 0 aromatic carbocycles. The minimum absolute atomic E-state index is 0.792. The van der Waals surface area contributed by atoms with Crippen LogP contribution in [0.1, 0.15) is 6.92 Å². The highest BCUT2D eigenvalue weighted by molar-refractivity contribution is 5.74. The second kappa shape index (κ2) is 1.37. The van der Waals surface area contributed by atoms with Gasteiger partial charge in [0.2, 0.25) is 5.54 Å². The van der Waals surface area contributed by atoms with Crippen LogP contribution in [0.4, 0.5) is 0 Å². The summed E-state index contributed by atoms with van der Waals surface area (Å²) in [5.41, 5.74) is -0.792. The predicted molar refractivity (Wildman–Crippen MR) is 27.4 cm³/mol. The van der Waals surface area contributed by atoms with Gasteiger partial charge >= 0.3 is 0 Å². The lowest BCUT2D eigenvalue weighted by atomic mass is 10.1. The Morgan fingerprint density at radius 2 is 2.50 bits per heavy atom. The molecule has 0 saturated carbocycles. The van der Waals surface area contributed by atoms with Gasteiger partial charge in [-0.1, -0.05) is 0 Å². The van der Waals surface area contributed by atoms with Crippen LogP contribution in [0.15, 0.2) is 15.4 Å². The van der Waals surface area contributed by atoms with Gasteiger partial charge in [-0.25, -0.2) is 0 Å². The summed E-state index contributed by atoms with van der Waals surface area (Å²) in [6.07, 6.45) is 1.41. The van der Waals surface area contributed by atoms with Gasteiger partial charge in [0.1, 0.15) is 6.07 Å². The van der Waals surface area contributed by atoms with Crippen molar-refractivity contribution in [1.82, 2.24) is 0 Å². The highest BCUT2D eigenvalue weighted by Gasteiger charge is 2.23. The normalized spacial score (nSPS) is 33.0. The first-order chi connectivity index (χ1) is 3.77. The van der Waals surface area contributed by atoms with Gasteiger partial charge in [-0.3, -0.25) is 0 Å². The van der Waals surface area contributed by atoms with Gasteiger partial charge in [0.05, 0.1) is 6.21 Å². The van der Waals surface area contributed by atoms with E-state index >= 15 is 0 Å². The quantitative estimate of drug-likeness (QED) is 0.451. The predicted octanol–water partition coefficient (Wildman–Crippen LogP) is 0.720. The van der Waals surface area contributed by atoms with Gasteiger partial charge in [-0.15, -0.1) is 10.2 Å². The Morgan fingerprint density at radius 1 is 1.75 bits per heavy atom. The van der Waals surface area contributed by atoms with Crippen LogP contribution in [-0.4, -0.2) is 11.8 Å². The molecular formula is C4H4N4. The molecule has 0 fully saturated rings. The van der Waals surface area contributed by atoms with Gasteiger partial charge in [-0.05, 0) is 12.1 Å². The van der Waals surface area contributed by atoms with E-state index in [9.17, 15) is 0 Å². The van der Waals surface area contributed by atoms with Crippen LogP contribution in [0.3, 0.4) is 0 Å². The van der Waals surface area contributed by atoms with Crippen molar-refractivity contribution in [3.05, 3.63) is 0 Å². The van der Waals surface area contributed by atoms with E-state index in [0.717, 1.165) is 0 Å². The van der Waals surface area contributed by atoms with Crippen LogP contribution in [0.5, 0.6) is 0 Å². The summed E-state index contributed by atoms with van der Waals surface area (Å²) < 4.78 is 0. The van der Waals surface area contributed by atoms with E-state index in [1.807, 2.05) is 6.07 Å². The van der Waals surface area contributed by atoms with E-state index in [0.29, 0.717) is 0 Å². The SMILES string of the molecule is CC1(C#N)C=NN=N1. The number of nitriles is 1. The third-order valence-corrected chi connectivity index (χ3v) is 0.840. The molecule has 0 amide bonds. The summed E-state index contributed by atoms with van der Waals surface area (Å²) in [4.78, 5) is 0. The van der Waals surface area contributed by atoms with Gasteiger partial charge < -0.3 is 0 Å². The smallest absolute Gasteiger partial charge is 0.195 e. The molecule has 1 atom stereocenters. The molecule has 8 heavy (non-hydrogen) atoms. The van der Waals surface area contributed by atoms with E-state index in [-0.39, 0.29) is 0 Å². The van der Waals surface area contributed by atoms with Crippen LogP contribution in [0.2, 0.25) is 0 Å². The topological polar surface area (TPSA) is 60.9 Å². The number of hydrogen-bond donors (Lipinski definition) is 0. The van der Waals surface area contributed by atoms with Crippen molar-refractivity contribution < 1.29 is 0 Å². The molecule has 1 aliphatic rings. The van der Waals surface area contributed by atoms with E-state index in [1.165, 1.54) is 6.21 Å². The molecule has 0 bridgehead atoms. The maximum absolute atomic E-state index is 8.33. The molecule has 0 N–H and O–H groups in total. The van der Waals surface area contributed by atoms with Crippen molar-refractivity contribution in [3.8, 4) is 6.07 Å². The largest absolute Gasteiger partial charge is 0.203 e. The molecule has 1 rings (SSSR count). The lowest BCUT2D eigenvalue weighted by Gasteiger charge is -1.97.